The van der Waals surface area contributed by atoms with Crippen molar-refractivity contribution in [2.24, 2.45) is 0 Å². The lowest BCUT2D eigenvalue weighted by molar-refractivity contribution is 0.101. The number of rotatable bonds is 0. The summed E-state index contributed by atoms with van der Waals surface area (Å²) in [5.41, 5.74) is 3.45. The zero-order chi connectivity index (χ0) is 22.3. The van der Waals surface area contributed by atoms with Crippen LogP contribution in [-0.2, 0) is 4.74 Å². The zero-order valence-electron chi connectivity index (χ0n) is 17.7. The summed E-state index contributed by atoms with van der Waals surface area (Å²) in [6.45, 7) is 3.10. The average Bonchev–Trinajstić information content (AvgIpc) is 2.80. The summed E-state index contributed by atoms with van der Waals surface area (Å²) >= 11 is 3.22. The molecule has 2 N–H and O–H groups in total. The fourth-order valence-electron chi connectivity index (χ4n) is 3.31. The molecule has 1 aliphatic heterocycles. The number of benzene rings is 3. The van der Waals surface area contributed by atoms with Gasteiger partial charge in [-0.25, -0.2) is 0 Å². The second-order valence-electron chi connectivity index (χ2n) is 7.24. The van der Waals surface area contributed by atoms with Crippen LogP contribution in [0.1, 0.15) is 26.3 Å². The summed E-state index contributed by atoms with van der Waals surface area (Å²) in [5, 5.41) is 5.97. The van der Waals surface area contributed by atoms with Crippen LogP contribution >= 0.6 is 23.5 Å². The molecule has 0 radical (unpaired) electrons. The fourth-order valence-corrected chi connectivity index (χ4v) is 5.13. The van der Waals surface area contributed by atoms with Gasteiger partial charge in [0.1, 0.15) is 0 Å². The van der Waals surface area contributed by atoms with E-state index in [1.807, 2.05) is 67.6 Å². The van der Waals surface area contributed by atoms with E-state index in [1.165, 1.54) is 0 Å². The number of fused-ring (bicyclic) bond motifs is 4. The Kier molecular flexibility index (Phi) is 7.52. The predicted octanol–water partition coefficient (Wildman–Crippen LogP) is 5.71. The SMILES string of the molecule is Cc1ccc2cc1NC(=O)c1ccccc1SCCOCCSc1ccccc1C(=O)N2. The Bertz CT molecular complexity index is 1130. The Morgan fingerprint density at radius 1 is 0.750 bits per heavy atom. The van der Waals surface area contributed by atoms with Crippen LogP contribution in [0.4, 0.5) is 11.4 Å². The van der Waals surface area contributed by atoms with E-state index >= 15 is 0 Å². The number of carbonyl (C=O) groups is 2. The monoisotopic (exact) mass is 464 g/mol. The summed E-state index contributed by atoms with van der Waals surface area (Å²) in [6, 6.07) is 20.7. The lowest BCUT2D eigenvalue weighted by atomic mass is 10.1. The molecule has 0 spiro atoms. The van der Waals surface area contributed by atoms with E-state index in [0.29, 0.717) is 35.7 Å². The summed E-state index contributed by atoms with van der Waals surface area (Å²) < 4.78 is 5.77. The zero-order valence-corrected chi connectivity index (χ0v) is 19.4. The maximum atomic E-state index is 13.0. The third-order valence-corrected chi connectivity index (χ3v) is 7.05. The quantitative estimate of drug-likeness (QED) is 0.446. The van der Waals surface area contributed by atoms with Crippen molar-refractivity contribution in [3.8, 4) is 0 Å². The molecule has 1 heterocycles. The third kappa shape index (κ3) is 5.54. The minimum absolute atomic E-state index is 0.177. The van der Waals surface area contributed by atoms with Gasteiger partial charge in [-0.15, -0.1) is 23.5 Å². The number of hydrogen-bond acceptors (Lipinski definition) is 5. The van der Waals surface area contributed by atoms with Gasteiger partial charge < -0.3 is 15.4 Å². The van der Waals surface area contributed by atoms with Crippen molar-refractivity contribution >= 4 is 46.7 Å². The largest absolute Gasteiger partial charge is 0.380 e. The highest BCUT2D eigenvalue weighted by atomic mass is 32.2. The van der Waals surface area contributed by atoms with E-state index in [0.717, 1.165) is 26.9 Å². The average molecular weight is 465 g/mol. The van der Waals surface area contributed by atoms with Crippen molar-refractivity contribution < 1.29 is 14.3 Å². The third-order valence-electron chi connectivity index (χ3n) is 4.98. The first-order valence-electron chi connectivity index (χ1n) is 10.4. The molecule has 5 nitrogen and oxygen atoms in total. The molecule has 0 aliphatic carbocycles. The van der Waals surface area contributed by atoms with Gasteiger partial charge in [-0.3, -0.25) is 9.59 Å². The second kappa shape index (κ2) is 10.7. The Balaban J connectivity index is 1.65. The molecule has 2 amide bonds. The van der Waals surface area contributed by atoms with E-state index in [1.54, 1.807) is 29.6 Å². The minimum atomic E-state index is -0.182. The van der Waals surface area contributed by atoms with Crippen molar-refractivity contribution in [3.05, 3.63) is 83.4 Å². The van der Waals surface area contributed by atoms with Gasteiger partial charge in [0.2, 0.25) is 0 Å². The Morgan fingerprint density at radius 3 is 1.94 bits per heavy atom. The molecule has 32 heavy (non-hydrogen) atoms. The maximum Gasteiger partial charge on any atom is 0.256 e. The van der Waals surface area contributed by atoms with Crippen LogP contribution in [0.25, 0.3) is 0 Å². The Labute approximate surface area is 196 Å². The molecule has 3 aromatic rings. The number of amides is 2. The van der Waals surface area contributed by atoms with E-state index in [-0.39, 0.29) is 11.8 Å². The first kappa shape index (κ1) is 22.5. The summed E-state index contributed by atoms with van der Waals surface area (Å²) in [4.78, 5) is 27.8. The molecular weight excluding hydrogens is 440 g/mol. The Hall–Kier alpha value is -2.74. The van der Waals surface area contributed by atoms with Crippen LogP contribution < -0.4 is 10.6 Å². The normalized spacial score (nSPS) is 15.4. The van der Waals surface area contributed by atoms with E-state index < -0.39 is 0 Å². The van der Waals surface area contributed by atoms with Crippen LogP contribution in [-0.4, -0.2) is 36.5 Å². The highest BCUT2D eigenvalue weighted by Gasteiger charge is 2.15. The number of anilines is 2. The van der Waals surface area contributed by atoms with Gasteiger partial charge in [-0.1, -0.05) is 30.3 Å². The molecule has 3 aromatic carbocycles. The number of carbonyl (C=O) groups excluding carboxylic acids is 2. The second-order valence-corrected chi connectivity index (χ2v) is 9.51. The molecule has 2 bridgehead atoms. The molecule has 0 atom stereocenters. The lowest BCUT2D eigenvalue weighted by Crippen LogP contribution is -2.16. The first-order valence-corrected chi connectivity index (χ1v) is 12.3. The topological polar surface area (TPSA) is 67.4 Å². The molecule has 0 saturated carbocycles. The van der Waals surface area contributed by atoms with Gasteiger partial charge in [0.15, 0.2) is 0 Å². The predicted molar refractivity (Wildman–Crippen MR) is 132 cm³/mol. The van der Waals surface area contributed by atoms with Gasteiger partial charge in [-0.05, 0) is 48.9 Å². The van der Waals surface area contributed by atoms with Gasteiger partial charge in [0.05, 0.1) is 24.3 Å². The summed E-state index contributed by atoms with van der Waals surface area (Å²) in [7, 11) is 0. The van der Waals surface area contributed by atoms with Crippen LogP contribution in [0.5, 0.6) is 0 Å². The molecule has 164 valence electrons. The van der Waals surface area contributed by atoms with Crippen molar-refractivity contribution in [1.82, 2.24) is 0 Å². The Morgan fingerprint density at radius 2 is 1.31 bits per heavy atom. The van der Waals surface area contributed by atoms with Gasteiger partial charge >= 0.3 is 0 Å². The van der Waals surface area contributed by atoms with Gasteiger partial charge in [-0.2, -0.15) is 0 Å². The van der Waals surface area contributed by atoms with E-state index in [2.05, 4.69) is 10.6 Å². The number of ether oxygens (including phenoxy) is 1. The number of thioether (sulfide) groups is 2. The molecule has 0 unspecified atom stereocenters. The summed E-state index contributed by atoms with van der Waals surface area (Å²) in [5.74, 6) is 1.15. The molecule has 0 fully saturated rings. The smallest absolute Gasteiger partial charge is 0.256 e. The molecule has 0 aromatic heterocycles. The van der Waals surface area contributed by atoms with Crippen molar-refractivity contribution in [2.75, 3.05) is 35.4 Å². The lowest BCUT2D eigenvalue weighted by Gasteiger charge is -2.15. The number of nitrogens with one attached hydrogen (secondary N) is 2. The molecule has 1 aliphatic rings. The van der Waals surface area contributed by atoms with Crippen LogP contribution in [0.2, 0.25) is 0 Å². The van der Waals surface area contributed by atoms with Crippen molar-refractivity contribution in [3.63, 3.8) is 0 Å². The number of hydrogen-bond donors (Lipinski definition) is 2. The minimum Gasteiger partial charge on any atom is -0.380 e. The van der Waals surface area contributed by atoms with Gasteiger partial charge in [0, 0.05) is 32.7 Å². The molecule has 0 saturated heterocycles. The first-order chi connectivity index (χ1) is 15.6. The maximum absolute atomic E-state index is 13.0. The van der Waals surface area contributed by atoms with Crippen molar-refractivity contribution in [2.45, 2.75) is 16.7 Å². The molecule has 7 heteroatoms. The van der Waals surface area contributed by atoms with Crippen LogP contribution in [0.3, 0.4) is 0 Å². The highest BCUT2D eigenvalue weighted by molar-refractivity contribution is 7.99. The van der Waals surface area contributed by atoms with Crippen LogP contribution in [0, 0.1) is 6.92 Å². The fraction of sp³-hybridized carbons (Fsp3) is 0.200. The summed E-state index contributed by atoms with van der Waals surface area (Å²) in [6.07, 6.45) is 0. The standard InChI is InChI=1S/C25H24N2O3S2/c1-17-10-11-18-16-21(17)27-25(29)20-7-3-5-9-23(20)32-15-13-30-12-14-31-22-8-4-2-6-19(22)24(28)26-18/h2-11,16H,12-15H2,1H3,(H,26,28)(H,27,29). The molecular formula is C25H24N2O3S2. The van der Waals surface area contributed by atoms with Gasteiger partial charge in [0.25, 0.3) is 11.8 Å². The molecule has 4 rings (SSSR count). The van der Waals surface area contributed by atoms with Crippen molar-refractivity contribution in [1.29, 1.82) is 0 Å². The van der Waals surface area contributed by atoms with E-state index in [9.17, 15) is 9.59 Å². The number of aryl methyl sites for hydroxylation is 1. The van der Waals surface area contributed by atoms with E-state index in [4.69, 9.17) is 4.74 Å². The highest BCUT2D eigenvalue weighted by Crippen LogP contribution is 2.27. The van der Waals surface area contributed by atoms with Crippen LogP contribution in [0.15, 0.2) is 76.5 Å².